The van der Waals surface area contributed by atoms with Gasteiger partial charge in [0.1, 0.15) is 23.8 Å². The predicted molar refractivity (Wildman–Crippen MR) is 117 cm³/mol. The minimum absolute atomic E-state index is 0.127. The zero-order valence-electron chi connectivity index (χ0n) is 18.2. The highest BCUT2D eigenvalue weighted by Crippen LogP contribution is 2.21. The van der Waals surface area contributed by atoms with Gasteiger partial charge in [0.25, 0.3) is 11.8 Å². The molecule has 0 aliphatic carbocycles. The van der Waals surface area contributed by atoms with Crippen LogP contribution in [0.2, 0.25) is 0 Å². The number of benzene rings is 1. The van der Waals surface area contributed by atoms with Crippen molar-refractivity contribution in [3.8, 4) is 5.75 Å². The van der Waals surface area contributed by atoms with Gasteiger partial charge in [0, 0.05) is 19.6 Å². The average molecular weight is 438 g/mol. The van der Waals surface area contributed by atoms with Crippen LogP contribution in [0, 0.1) is 6.92 Å². The average Bonchev–Trinajstić information content (AvgIpc) is 3.45. The quantitative estimate of drug-likeness (QED) is 0.609. The van der Waals surface area contributed by atoms with Gasteiger partial charge in [-0.05, 0) is 43.7 Å². The SMILES string of the molecule is CCn1ncc(NC(=O)c2ccc(COc3cccc(C)c3)o2)c1C(=O)N1CCOCC1. The van der Waals surface area contributed by atoms with Crippen LogP contribution >= 0.6 is 0 Å². The lowest BCUT2D eigenvalue weighted by molar-refractivity contribution is 0.0295. The number of hydrogen-bond acceptors (Lipinski definition) is 6. The number of morpholine rings is 1. The van der Waals surface area contributed by atoms with E-state index in [1.54, 1.807) is 21.7 Å². The number of aryl methyl sites for hydroxylation is 2. The summed E-state index contributed by atoms with van der Waals surface area (Å²) in [6.07, 6.45) is 1.49. The zero-order valence-corrected chi connectivity index (χ0v) is 18.2. The third-order valence-corrected chi connectivity index (χ3v) is 5.14. The molecule has 0 atom stereocenters. The van der Waals surface area contributed by atoms with E-state index in [9.17, 15) is 9.59 Å². The molecule has 4 rings (SSSR count). The van der Waals surface area contributed by atoms with E-state index in [1.165, 1.54) is 6.20 Å². The van der Waals surface area contributed by atoms with Crippen LogP contribution in [0.15, 0.2) is 47.0 Å². The fourth-order valence-electron chi connectivity index (χ4n) is 3.48. The first-order valence-corrected chi connectivity index (χ1v) is 10.6. The second kappa shape index (κ2) is 9.69. The minimum Gasteiger partial charge on any atom is -0.486 e. The fourth-order valence-corrected chi connectivity index (χ4v) is 3.48. The standard InChI is InChI=1S/C23H26N4O5/c1-3-27-21(23(29)26-9-11-30-12-10-26)19(14-24-27)25-22(28)20-8-7-18(32-20)15-31-17-6-4-5-16(2)13-17/h4-8,13-14H,3,9-12,15H2,1-2H3,(H,25,28). The van der Waals surface area contributed by atoms with Gasteiger partial charge >= 0.3 is 0 Å². The zero-order chi connectivity index (χ0) is 22.5. The molecule has 3 heterocycles. The molecule has 3 aromatic rings. The van der Waals surface area contributed by atoms with Crippen molar-refractivity contribution in [3.63, 3.8) is 0 Å². The highest BCUT2D eigenvalue weighted by atomic mass is 16.5. The van der Waals surface area contributed by atoms with Crippen LogP contribution < -0.4 is 10.1 Å². The largest absolute Gasteiger partial charge is 0.486 e. The van der Waals surface area contributed by atoms with E-state index in [4.69, 9.17) is 13.9 Å². The number of amides is 2. The Kier molecular flexibility index (Phi) is 6.55. The molecule has 2 amide bonds. The van der Waals surface area contributed by atoms with E-state index in [0.717, 1.165) is 11.3 Å². The van der Waals surface area contributed by atoms with Gasteiger partial charge in [-0.15, -0.1) is 0 Å². The summed E-state index contributed by atoms with van der Waals surface area (Å²) in [4.78, 5) is 27.5. The summed E-state index contributed by atoms with van der Waals surface area (Å²) in [5, 5.41) is 7.01. The molecule has 1 saturated heterocycles. The summed E-state index contributed by atoms with van der Waals surface area (Å²) in [7, 11) is 0. The van der Waals surface area contributed by atoms with E-state index >= 15 is 0 Å². The van der Waals surface area contributed by atoms with Gasteiger partial charge in [-0.3, -0.25) is 14.3 Å². The Morgan fingerprint density at radius 3 is 2.75 bits per heavy atom. The number of nitrogens with zero attached hydrogens (tertiary/aromatic N) is 3. The number of carbonyl (C=O) groups excluding carboxylic acids is 2. The topological polar surface area (TPSA) is 98.8 Å². The summed E-state index contributed by atoms with van der Waals surface area (Å²) < 4.78 is 18.3. The maximum Gasteiger partial charge on any atom is 0.291 e. The van der Waals surface area contributed by atoms with Gasteiger partial charge in [0.15, 0.2) is 5.76 Å². The van der Waals surface area contributed by atoms with E-state index in [2.05, 4.69) is 10.4 Å². The molecule has 1 aliphatic rings. The smallest absolute Gasteiger partial charge is 0.291 e. The third kappa shape index (κ3) is 4.83. The van der Waals surface area contributed by atoms with Gasteiger partial charge in [-0.1, -0.05) is 12.1 Å². The second-order valence-corrected chi connectivity index (χ2v) is 7.45. The molecule has 0 unspecified atom stereocenters. The molecule has 1 aliphatic heterocycles. The first-order chi connectivity index (χ1) is 15.5. The van der Waals surface area contributed by atoms with Gasteiger partial charge in [0.05, 0.1) is 25.1 Å². The summed E-state index contributed by atoms with van der Waals surface area (Å²) in [6.45, 7) is 6.57. The van der Waals surface area contributed by atoms with Crippen LogP contribution in [0.1, 0.15) is 39.3 Å². The summed E-state index contributed by atoms with van der Waals surface area (Å²) in [5.41, 5.74) is 1.79. The number of furan rings is 1. The maximum atomic E-state index is 13.0. The lowest BCUT2D eigenvalue weighted by Crippen LogP contribution is -2.41. The van der Waals surface area contributed by atoms with Crippen molar-refractivity contribution in [1.82, 2.24) is 14.7 Å². The lowest BCUT2D eigenvalue weighted by Gasteiger charge is -2.27. The molecule has 1 fully saturated rings. The van der Waals surface area contributed by atoms with Crippen molar-refractivity contribution in [2.45, 2.75) is 27.0 Å². The highest BCUT2D eigenvalue weighted by molar-refractivity contribution is 6.07. The van der Waals surface area contributed by atoms with Crippen LogP contribution in [-0.2, 0) is 17.9 Å². The van der Waals surface area contributed by atoms with Crippen molar-refractivity contribution in [3.05, 3.63) is 65.4 Å². The molecule has 1 N–H and O–H groups in total. The number of rotatable bonds is 7. The van der Waals surface area contributed by atoms with E-state index < -0.39 is 5.91 Å². The van der Waals surface area contributed by atoms with Crippen LogP contribution in [0.4, 0.5) is 5.69 Å². The molecule has 0 bridgehead atoms. The molecule has 2 aromatic heterocycles. The van der Waals surface area contributed by atoms with Crippen LogP contribution in [0.5, 0.6) is 5.75 Å². The molecular weight excluding hydrogens is 412 g/mol. The summed E-state index contributed by atoms with van der Waals surface area (Å²) >= 11 is 0. The molecule has 0 spiro atoms. The van der Waals surface area contributed by atoms with Gasteiger partial charge in [-0.2, -0.15) is 5.10 Å². The number of anilines is 1. The number of ether oxygens (including phenoxy) is 2. The maximum absolute atomic E-state index is 13.0. The Labute approximate surface area is 185 Å². The molecule has 168 valence electrons. The summed E-state index contributed by atoms with van der Waals surface area (Å²) in [6, 6.07) is 11.0. The molecule has 0 radical (unpaired) electrons. The molecule has 9 heteroatoms. The monoisotopic (exact) mass is 438 g/mol. The Hall–Kier alpha value is -3.59. The first kappa shape index (κ1) is 21.6. The Morgan fingerprint density at radius 2 is 2.00 bits per heavy atom. The normalized spacial score (nSPS) is 13.8. The number of aromatic nitrogens is 2. The first-order valence-electron chi connectivity index (χ1n) is 10.6. The van der Waals surface area contributed by atoms with Crippen molar-refractivity contribution >= 4 is 17.5 Å². The molecule has 0 saturated carbocycles. The van der Waals surface area contributed by atoms with Gasteiger partial charge in [0.2, 0.25) is 0 Å². The Morgan fingerprint density at radius 1 is 1.19 bits per heavy atom. The molecule has 32 heavy (non-hydrogen) atoms. The highest BCUT2D eigenvalue weighted by Gasteiger charge is 2.26. The fraction of sp³-hybridized carbons (Fsp3) is 0.348. The third-order valence-electron chi connectivity index (χ3n) is 5.14. The minimum atomic E-state index is -0.460. The lowest BCUT2D eigenvalue weighted by atomic mass is 10.2. The number of hydrogen-bond donors (Lipinski definition) is 1. The van der Waals surface area contributed by atoms with Crippen molar-refractivity contribution in [2.24, 2.45) is 0 Å². The van der Waals surface area contributed by atoms with Crippen molar-refractivity contribution in [2.75, 3.05) is 31.6 Å². The van der Waals surface area contributed by atoms with Crippen LogP contribution in [0.25, 0.3) is 0 Å². The van der Waals surface area contributed by atoms with Crippen LogP contribution in [0.3, 0.4) is 0 Å². The van der Waals surface area contributed by atoms with Crippen molar-refractivity contribution in [1.29, 1.82) is 0 Å². The second-order valence-electron chi connectivity index (χ2n) is 7.45. The van der Waals surface area contributed by atoms with E-state index in [1.807, 2.05) is 38.1 Å². The van der Waals surface area contributed by atoms with Crippen LogP contribution in [-0.4, -0.2) is 52.8 Å². The number of carbonyl (C=O) groups is 2. The Bertz CT molecular complexity index is 1100. The van der Waals surface area contributed by atoms with E-state index in [0.29, 0.717) is 50.0 Å². The summed E-state index contributed by atoms with van der Waals surface area (Å²) in [5.74, 6) is 0.728. The predicted octanol–water partition coefficient (Wildman–Crippen LogP) is 3.11. The molecule has 9 nitrogen and oxygen atoms in total. The molecule has 1 aromatic carbocycles. The van der Waals surface area contributed by atoms with Gasteiger partial charge in [-0.25, -0.2) is 0 Å². The van der Waals surface area contributed by atoms with E-state index in [-0.39, 0.29) is 18.3 Å². The Balaban J connectivity index is 1.44. The van der Waals surface area contributed by atoms with Gasteiger partial charge < -0.3 is 24.1 Å². The molecular formula is C23H26N4O5. The number of nitrogens with one attached hydrogen (secondary N) is 1. The van der Waals surface area contributed by atoms with Crippen molar-refractivity contribution < 1.29 is 23.5 Å².